The van der Waals surface area contributed by atoms with Crippen LogP contribution in [0, 0.1) is 0 Å². The second-order valence-corrected chi connectivity index (χ2v) is 3.64. The maximum absolute atomic E-state index is 11.9. The van der Waals surface area contributed by atoms with Crippen LogP contribution in [0.5, 0.6) is 0 Å². The predicted octanol–water partition coefficient (Wildman–Crippen LogP) is 1.41. The molecule has 1 unspecified atom stereocenters. The Morgan fingerprint density at radius 2 is 2.06 bits per heavy atom. The SMILES string of the molecule is C=CCN(CCC)C(=O)N(C)C(C)C(=O)O. The van der Waals surface area contributed by atoms with Crippen molar-refractivity contribution < 1.29 is 14.7 Å². The lowest BCUT2D eigenvalue weighted by molar-refractivity contribution is -0.141. The molecule has 0 aromatic rings. The molecule has 0 aliphatic rings. The number of likely N-dealkylation sites (N-methyl/N-ethyl adjacent to an activating group) is 1. The Labute approximate surface area is 96.3 Å². The average Bonchev–Trinajstić information content (AvgIpc) is 2.25. The highest BCUT2D eigenvalue weighted by Crippen LogP contribution is 2.03. The number of carbonyl (C=O) groups is 2. The first kappa shape index (κ1) is 14.5. The number of carbonyl (C=O) groups excluding carboxylic acids is 1. The molecule has 2 amide bonds. The van der Waals surface area contributed by atoms with Gasteiger partial charge in [0, 0.05) is 20.1 Å². The van der Waals surface area contributed by atoms with Crippen LogP contribution in [0.25, 0.3) is 0 Å². The molecule has 1 N–H and O–H groups in total. The van der Waals surface area contributed by atoms with Crippen molar-refractivity contribution in [1.29, 1.82) is 0 Å². The van der Waals surface area contributed by atoms with Gasteiger partial charge in [-0.05, 0) is 13.3 Å². The summed E-state index contributed by atoms with van der Waals surface area (Å²) in [4.78, 5) is 25.5. The molecule has 0 saturated carbocycles. The molecule has 1 atom stereocenters. The fraction of sp³-hybridized carbons (Fsp3) is 0.636. The largest absolute Gasteiger partial charge is 0.480 e. The molecule has 0 rings (SSSR count). The normalized spacial score (nSPS) is 11.7. The van der Waals surface area contributed by atoms with Gasteiger partial charge in [0.05, 0.1) is 0 Å². The van der Waals surface area contributed by atoms with Crippen molar-refractivity contribution in [3.8, 4) is 0 Å². The summed E-state index contributed by atoms with van der Waals surface area (Å²) in [6, 6.07) is -1.10. The van der Waals surface area contributed by atoms with Crippen LogP contribution in [0.15, 0.2) is 12.7 Å². The first-order valence-electron chi connectivity index (χ1n) is 5.31. The van der Waals surface area contributed by atoms with Crippen LogP contribution in [0.1, 0.15) is 20.3 Å². The topological polar surface area (TPSA) is 60.9 Å². The molecule has 5 nitrogen and oxygen atoms in total. The summed E-state index contributed by atoms with van der Waals surface area (Å²) >= 11 is 0. The lowest BCUT2D eigenvalue weighted by atomic mass is 10.3. The summed E-state index contributed by atoms with van der Waals surface area (Å²) in [6.07, 6.45) is 2.46. The number of carboxylic acid groups (broad SMARTS) is 1. The van der Waals surface area contributed by atoms with E-state index in [1.54, 1.807) is 11.0 Å². The van der Waals surface area contributed by atoms with Crippen LogP contribution in [-0.2, 0) is 4.79 Å². The summed E-state index contributed by atoms with van der Waals surface area (Å²) in [5.74, 6) is -1.01. The second kappa shape index (κ2) is 6.87. The monoisotopic (exact) mass is 228 g/mol. The molecule has 0 aliphatic carbocycles. The summed E-state index contributed by atoms with van der Waals surface area (Å²) < 4.78 is 0. The van der Waals surface area contributed by atoms with E-state index in [1.807, 2.05) is 6.92 Å². The molecule has 0 spiro atoms. The third-order valence-electron chi connectivity index (χ3n) is 2.35. The Balaban J connectivity index is 4.58. The fourth-order valence-corrected chi connectivity index (χ4v) is 1.25. The minimum absolute atomic E-state index is 0.281. The van der Waals surface area contributed by atoms with Gasteiger partial charge < -0.3 is 14.9 Å². The first-order chi connectivity index (χ1) is 7.45. The first-order valence-corrected chi connectivity index (χ1v) is 5.31. The number of hydrogen-bond acceptors (Lipinski definition) is 2. The van der Waals surface area contributed by atoms with Crippen LogP contribution < -0.4 is 0 Å². The highest BCUT2D eigenvalue weighted by Gasteiger charge is 2.24. The third kappa shape index (κ3) is 3.92. The molecule has 16 heavy (non-hydrogen) atoms. The standard InChI is InChI=1S/C11H20N2O3/c1-5-7-13(8-6-2)11(16)12(4)9(3)10(14)15/h5,9H,1,6-8H2,2-4H3,(H,14,15). The summed E-state index contributed by atoms with van der Waals surface area (Å²) in [5.41, 5.74) is 0. The van der Waals surface area contributed by atoms with Crippen molar-refractivity contribution in [3.05, 3.63) is 12.7 Å². The Morgan fingerprint density at radius 3 is 2.44 bits per heavy atom. The quantitative estimate of drug-likeness (QED) is 0.699. The number of nitrogens with zero attached hydrogens (tertiary/aromatic N) is 2. The molecule has 92 valence electrons. The van der Waals surface area contributed by atoms with Gasteiger partial charge in [-0.3, -0.25) is 0 Å². The van der Waals surface area contributed by atoms with Crippen LogP contribution in [0.2, 0.25) is 0 Å². The highest BCUT2D eigenvalue weighted by atomic mass is 16.4. The van der Waals surface area contributed by atoms with E-state index in [4.69, 9.17) is 5.11 Å². The smallest absolute Gasteiger partial charge is 0.326 e. The number of urea groups is 1. The molecule has 5 heteroatoms. The fourth-order valence-electron chi connectivity index (χ4n) is 1.25. The van der Waals surface area contributed by atoms with Gasteiger partial charge in [0.2, 0.25) is 0 Å². The lowest BCUT2D eigenvalue weighted by Gasteiger charge is -2.29. The molecule has 0 fully saturated rings. The van der Waals surface area contributed by atoms with E-state index >= 15 is 0 Å². The van der Waals surface area contributed by atoms with Gasteiger partial charge in [0.15, 0.2) is 0 Å². The van der Waals surface area contributed by atoms with Crippen LogP contribution in [0.4, 0.5) is 4.79 Å². The zero-order valence-corrected chi connectivity index (χ0v) is 10.1. The summed E-state index contributed by atoms with van der Waals surface area (Å²) in [5, 5.41) is 8.81. The van der Waals surface area contributed by atoms with Gasteiger partial charge in [-0.25, -0.2) is 9.59 Å². The van der Waals surface area contributed by atoms with Crippen LogP contribution >= 0.6 is 0 Å². The van der Waals surface area contributed by atoms with Gasteiger partial charge in [-0.2, -0.15) is 0 Å². The number of aliphatic carboxylic acids is 1. The lowest BCUT2D eigenvalue weighted by Crippen LogP contribution is -2.48. The minimum Gasteiger partial charge on any atom is -0.480 e. The Kier molecular flexibility index (Phi) is 6.22. The maximum atomic E-state index is 11.9. The van der Waals surface area contributed by atoms with E-state index in [1.165, 1.54) is 18.9 Å². The van der Waals surface area contributed by atoms with Crippen molar-refractivity contribution in [1.82, 2.24) is 9.80 Å². The van der Waals surface area contributed by atoms with Gasteiger partial charge in [-0.15, -0.1) is 6.58 Å². The van der Waals surface area contributed by atoms with Gasteiger partial charge in [0.1, 0.15) is 6.04 Å². The summed E-state index contributed by atoms with van der Waals surface area (Å²) in [6.45, 7) is 8.06. The van der Waals surface area contributed by atoms with Crippen molar-refractivity contribution in [3.63, 3.8) is 0 Å². The van der Waals surface area contributed by atoms with Crippen LogP contribution in [-0.4, -0.2) is 53.1 Å². The maximum Gasteiger partial charge on any atom is 0.326 e. The van der Waals surface area contributed by atoms with Gasteiger partial charge >= 0.3 is 12.0 Å². The zero-order valence-electron chi connectivity index (χ0n) is 10.1. The highest BCUT2D eigenvalue weighted by molar-refractivity contribution is 5.82. The summed E-state index contributed by atoms with van der Waals surface area (Å²) in [7, 11) is 1.49. The third-order valence-corrected chi connectivity index (χ3v) is 2.35. The molecule has 0 heterocycles. The number of rotatable bonds is 6. The van der Waals surface area contributed by atoms with E-state index < -0.39 is 12.0 Å². The van der Waals surface area contributed by atoms with Crippen LogP contribution in [0.3, 0.4) is 0 Å². The van der Waals surface area contributed by atoms with Crippen molar-refractivity contribution in [2.45, 2.75) is 26.3 Å². The van der Waals surface area contributed by atoms with E-state index in [-0.39, 0.29) is 6.03 Å². The molecule has 0 aromatic heterocycles. The van der Waals surface area contributed by atoms with Gasteiger partial charge in [-0.1, -0.05) is 13.0 Å². The number of hydrogen-bond donors (Lipinski definition) is 1. The second-order valence-electron chi connectivity index (χ2n) is 3.64. The minimum atomic E-state index is -1.01. The Bertz CT molecular complexity index is 262. The molecule has 0 saturated heterocycles. The predicted molar refractivity (Wildman–Crippen MR) is 62.3 cm³/mol. The Hall–Kier alpha value is -1.52. The Morgan fingerprint density at radius 1 is 1.50 bits per heavy atom. The van der Waals surface area contributed by atoms with Crippen molar-refractivity contribution in [2.75, 3.05) is 20.1 Å². The molecule has 0 radical (unpaired) electrons. The van der Waals surface area contributed by atoms with E-state index in [9.17, 15) is 9.59 Å². The molecule has 0 bridgehead atoms. The number of carboxylic acids is 1. The van der Waals surface area contributed by atoms with E-state index in [0.29, 0.717) is 13.1 Å². The van der Waals surface area contributed by atoms with E-state index in [0.717, 1.165) is 6.42 Å². The molecule has 0 aliphatic heterocycles. The average molecular weight is 228 g/mol. The van der Waals surface area contributed by atoms with E-state index in [2.05, 4.69) is 6.58 Å². The molecular weight excluding hydrogens is 208 g/mol. The molecule has 0 aromatic carbocycles. The number of amides is 2. The van der Waals surface area contributed by atoms with Crippen molar-refractivity contribution in [2.24, 2.45) is 0 Å². The zero-order chi connectivity index (χ0) is 12.7. The molecular formula is C11H20N2O3. The van der Waals surface area contributed by atoms with Crippen molar-refractivity contribution >= 4 is 12.0 Å². The van der Waals surface area contributed by atoms with Gasteiger partial charge in [0.25, 0.3) is 0 Å².